The van der Waals surface area contributed by atoms with Crippen molar-refractivity contribution in [2.24, 2.45) is 0 Å². The molecule has 51 heavy (non-hydrogen) atoms. The number of nitrogens with zero attached hydrogens (tertiary/aromatic N) is 1. The molecular formula is C48H31NOS. The summed E-state index contributed by atoms with van der Waals surface area (Å²) in [6, 6.07) is 52.5. The van der Waals surface area contributed by atoms with Crippen LogP contribution < -0.4 is 4.90 Å². The summed E-state index contributed by atoms with van der Waals surface area (Å²) in [5.74, 6) is 0. The first-order chi connectivity index (χ1) is 27.3. The second-order valence-electron chi connectivity index (χ2n) is 12.6. The van der Waals surface area contributed by atoms with Gasteiger partial charge in [-0.25, -0.2) is 0 Å². The van der Waals surface area contributed by atoms with E-state index in [9.17, 15) is 0 Å². The summed E-state index contributed by atoms with van der Waals surface area (Å²) in [7, 11) is 0. The molecule has 0 amide bonds. The van der Waals surface area contributed by atoms with Crippen molar-refractivity contribution in [1.82, 2.24) is 0 Å². The van der Waals surface area contributed by atoms with E-state index in [-0.39, 0.29) is 29.7 Å². The van der Waals surface area contributed by atoms with Gasteiger partial charge in [0, 0.05) is 53.6 Å². The van der Waals surface area contributed by atoms with Gasteiger partial charge in [0.15, 0.2) is 0 Å². The van der Waals surface area contributed by atoms with Crippen LogP contribution in [-0.4, -0.2) is 0 Å². The SMILES string of the molecule is [2H]c1c([2H])c([2H])c(-c2ccc(N(c3ccc(-c4ccc5oc6c(-c7ccccc7)cccc6c5c4)cc3)c3ccc4sc5ccccc5c4c3)cc2)c([2H])c1[2H]. The predicted molar refractivity (Wildman–Crippen MR) is 218 cm³/mol. The zero-order valence-electron chi connectivity index (χ0n) is 32.3. The zero-order chi connectivity index (χ0) is 38.1. The van der Waals surface area contributed by atoms with Gasteiger partial charge in [0.2, 0.25) is 0 Å². The highest BCUT2D eigenvalue weighted by molar-refractivity contribution is 7.25. The van der Waals surface area contributed by atoms with Crippen molar-refractivity contribution in [2.75, 3.05) is 4.90 Å². The van der Waals surface area contributed by atoms with Crippen molar-refractivity contribution in [3.05, 3.63) is 188 Å². The fourth-order valence-electron chi connectivity index (χ4n) is 7.10. The second-order valence-corrected chi connectivity index (χ2v) is 13.7. The van der Waals surface area contributed by atoms with Crippen LogP contribution in [0.1, 0.15) is 6.85 Å². The van der Waals surface area contributed by atoms with Crippen LogP contribution in [0.15, 0.2) is 192 Å². The fraction of sp³-hybridized carbons (Fsp3) is 0. The van der Waals surface area contributed by atoms with Crippen molar-refractivity contribution in [3.63, 3.8) is 0 Å². The molecule has 0 N–H and O–H groups in total. The van der Waals surface area contributed by atoms with Crippen LogP contribution >= 0.6 is 11.3 Å². The highest BCUT2D eigenvalue weighted by Gasteiger charge is 2.17. The van der Waals surface area contributed by atoms with Gasteiger partial charge in [-0.1, -0.05) is 127 Å². The quantitative estimate of drug-likeness (QED) is 0.175. The van der Waals surface area contributed by atoms with Crippen LogP contribution in [-0.2, 0) is 0 Å². The van der Waals surface area contributed by atoms with E-state index in [1.807, 2.05) is 42.5 Å². The van der Waals surface area contributed by atoms with Crippen molar-refractivity contribution in [3.8, 4) is 33.4 Å². The molecule has 0 aliphatic heterocycles. The smallest absolute Gasteiger partial charge is 0.143 e. The van der Waals surface area contributed by atoms with E-state index < -0.39 is 6.04 Å². The lowest BCUT2D eigenvalue weighted by molar-refractivity contribution is 0.670. The first-order valence-electron chi connectivity index (χ1n) is 19.3. The van der Waals surface area contributed by atoms with Gasteiger partial charge in [-0.05, 0) is 88.5 Å². The molecule has 8 aromatic carbocycles. The zero-order valence-corrected chi connectivity index (χ0v) is 28.1. The molecule has 0 aliphatic carbocycles. The van der Waals surface area contributed by atoms with Gasteiger partial charge in [-0.3, -0.25) is 0 Å². The van der Waals surface area contributed by atoms with Crippen molar-refractivity contribution in [1.29, 1.82) is 0 Å². The number of benzene rings is 8. The van der Waals surface area contributed by atoms with Crippen LogP contribution in [0.25, 0.3) is 75.5 Å². The molecule has 0 radical (unpaired) electrons. The third-order valence-corrected chi connectivity index (χ3v) is 10.7. The number of fused-ring (bicyclic) bond motifs is 6. The van der Waals surface area contributed by atoms with E-state index in [2.05, 4.69) is 120 Å². The number of hydrogen-bond acceptors (Lipinski definition) is 3. The monoisotopic (exact) mass is 674 g/mol. The maximum atomic E-state index is 8.53. The number of para-hydroxylation sites is 1. The summed E-state index contributed by atoms with van der Waals surface area (Å²) in [4.78, 5) is 2.19. The van der Waals surface area contributed by atoms with Gasteiger partial charge in [0.1, 0.15) is 11.2 Å². The highest BCUT2D eigenvalue weighted by Crippen LogP contribution is 2.42. The normalized spacial score (nSPS) is 12.9. The lowest BCUT2D eigenvalue weighted by Gasteiger charge is -2.26. The largest absolute Gasteiger partial charge is 0.455 e. The highest BCUT2D eigenvalue weighted by atomic mass is 32.1. The summed E-state index contributed by atoms with van der Waals surface area (Å²) in [6.07, 6.45) is 0. The average molecular weight is 675 g/mol. The second kappa shape index (κ2) is 12.2. The van der Waals surface area contributed by atoms with Crippen molar-refractivity contribution < 1.29 is 11.3 Å². The van der Waals surface area contributed by atoms with Gasteiger partial charge in [-0.2, -0.15) is 0 Å². The minimum absolute atomic E-state index is 0.184. The third kappa shape index (κ3) is 5.18. The third-order valence-electron chi connectivity index (χ3n) is 9.57. The van der Waals surface area contributed by atoms with Crippen LogP contribution in [0.3, 0.4) is 0 Å². The molecule has 3 heteroatoms. The van der Waals surface area contributed by atoms with Crippen LogP contribution in [0.5, 0.6) is 0 Å². The summed E-state index contributed by atoms with van der Waals surface area (Å²) in [5, 5.41) is 4.53. The molecule has 0 fully saturated rings. The Labute approximate surface area is 307 Å². The summed E-state index contributed by atoms with van der Waals surface area (Å²) in [5.41, 5.74) is 9.60. The molecule has 2 nitrogen and oxygen atoms in total. The molecule has 0 saturated carbocycles. The number of furan rings is 1. The van der Waals surface area contributed by atoms with Gasteiger partial charge in [-0.15, -0.1) is 11.3 Å². The number of thiophene rings is 1. The molecular weight excluding hydrogens is 639 g/mol. The van der Waals surface area contributed by atoms with E-state index in [0.717, 1.165) is 61.3 Å². The van der Waals surface area contributed by atoms with Crippen LogP contribution in [0.4, 0.5) is 17.1 Å². The Morgan fingerprint density at radius 1 is 0.431 bits per heavy atom. The molecule has 0 saturated heterocycles. The first-order valence-corrected chi connectivity index (χ1v) is 17.7. The van der Waals surface area contributed by atoms with Gasteiger partial charge < -0.3 is 9.32 Å². The first kappa shape index (κ1) is 24.7. The van der Waals surface area contributed by atoms with Gasteiger partial charge >= 0.3 is 0 Å². The molecule has 2 heterocycles. The molecule has 0 aliphatic rings. The summed E-state index contributed by atoms with van der Waals surface area (Å²) in [6.45, 7) is 0. The van der Waals surface area contributed by atoms with Gasteiger partial charge in [0.05, 0.1) is 6.85 Å². The Morgan fingerprint density at radius 2 is 1.08 bits per heavy atom. The number of anilines is 3. The van der Waals surface area contributed by atoms with E-state index >= 15 is 0 Å². The van der Waals surface area contributed by atoms with Gasteiger partial charge in [0.25, 0.3) is 0 Å². The maximum Gasteiger partial charge on any atom is 0.143 e. The Kier molecular flexibility index (Phi) is 5.89. The Morgan fingerprint density at radius 3 is 1.86 bits per heavy atom. The number of hydrogen-bond donors (Lipinski definition) is 0. The minimum atomic E-state index is -0.401. The van der Waals surface area contributed by atoms with Crippen molar-refractivity contribution >= 4 is 70.5 Å². The predicted octanol–water partition coefficient (Wildman–Crippen LogP) is 14.4. The van der Waals surface area contributed by atoms with E-state index in [1.54, 1.807) is 11.3 Å². The molecule has 10 aromatic rings. The Hall–Kier alpha value is -6.42. The summed E-state index contributed by atoms with van der Waals surface area (Å²) >= 11 is 1.78. The molecule has 2 aromatic heterocycles. The van der Waals surface area contributed by atoms with Crippen LogP contribution in [0, 0.1) is 0 Å². The number of rotatable bonds is 6. The lowest BCUT2D eigenvalue weighted by atomic mass is 10.00. The van der Waals surface area contributed by atoms with E-state index in [4.69, 9.17) is 11.3 Å². The topological polar surface area (TPSA) is 16.4 Å². The van der Waals surface area contributed by atoms with Crippen LogP contribution in [0.2, 0.25) is 0 Å². The van der Waals surface area contributed by atoms with Crippen molar-refractivity contribution in [2.45, 2.75) is 0 Å². The Bertz CT molecular complexity index is 3110. The minimum Gasteiger partial charge on any atom is -0.455 e. The fourth-order valence-corrected chi connectivity index (χ4v) is 8.18. The molecule has 0 unspecified atom stereocenters. The molecule has 0 atom stereocenters. The average Bonchev–Trinajstić information content (AvgIpc) is 3.81. The molecule has 10 rings (SSSR count). The maximum absolute atomic E-state index is 8.53. The van der Waals surface area contributed by atoms with E-state index in [1.165, 1.54) is 20.2 Å². The summed E-state index contributed by atoms with van der Waals surface area (Å²) < 4.78 is 50.4. The Balaban J connectivity index is 1.07. The molecule has 0 bridgehead atoms. The lowest BCUT2D eigenvalue weighted by Crippen LogP contribution is -2.09. The standard InChI is InChI=1S/C48H31NOS/c1-3-10-32(11-4-1)33-18-23-37(24-19-33)49(39-27-29-47-44(31-39)41-14-7-8-17-46(41)51-47)38-25-20-34(21-26-38)36-22-28-45-43(30-36)42-16-9-15-40(48(42)50-45)35-12-5-2-6-13-35/h1-31H/i1D,3D,4D,10D,11D. The van der Waals surface area contributed by atoms with E-state index in [0.29, 0.717) is 5.56 Å². The molecule has 0 spiro atoms. The molecule has 240 valence electrons.